The second-order valence-corrected chi connectivity index (χ2v) is 6.95. The monoisotopic (exact) mass is 341 g/mol. The Balaban J connectivity index is 1.37. The van der Waals surface area contributed by atoms with E-state index >= 15 is 0 Å². The van der Waals surface area contributed by atoms with E-state index in [1.165, 1.54) is 11.6 Å². The Labute approximate surface area is 150 Å². The van der Waals surface area contributed by atoms with Crippen molar-refractivity contribution in [2.24, 2.45) is 5.73 Å². The lowest BCUT2D eigenvalue weighted by molar-refractivity contribution is 0.124. The van der Waals surface area contributed by atoms with Crippen molar-refractivity contribution in [1.82, 2.24) is 9.80 Å². The van der Waals surface area contributed by atoms with Crippen molar-refractivity contribution in [1.29, 1.82) is 0 Å². The number of benzene rings is 2. The van der Waals surface area contributed by atoms with Gasteiger partial charge in [0.25, 0.3) is 0 Å². The third-order valence-electron chi connectivity index (χ3n) is 4.97. The molecule has 0 spiro atoms. The predicted octanol–water partition coefficient (Wildman–Crippen LogP) is 2.90. The number of piperazine rings is 1. The summed E-state index contributed by atoms with van der Waals surface area (Å²) >= 11 is 0. The molecule has 0 aromatic heterocycles. The third kappa shape index (κ3) is 5.63. The Morgan fingerprint density at radius 1 is 0.880 bits per heavy atom. The quantitative estimate of drug-likeness (QED) is 0.840. The maximum absolute atomic E-state index is 13.7. The summed E-state index contributed by atoms with van der Waals surface area (Å²) in [6, 6.07) is 17.6. The minimum absolute atomic E-state index is 0.0132. The van der Waals surface area contributed by atoms with E-state index in [4.69, 9.17) is 5.73 Å². The van der Waals surface area contributed by atoms with Crippen LogP contribution in [0.3, 0.4) is 0 Å². The molecular weight excluding hydrogens is 313 g/mol. The van der Waals surface area contributed by atoms with Crippen molar-refractivity contribution in [3.8, 4) is 0 Å². The van der Waals surface area contributed by atoms with Gasteiger partial charge in [0.05, 0.1) is 0 Å². The lowest BCUT2D eigenvalue weighted by Crippen LogP contribution is -2.47. The van der Waals surface area contributed by atoms with E-state index in [0.29, 0.717) is 6.42 Å². The van der Waals surface area contributed by atoms with Crippen molar-refractivity contribution in [2.45, 2.75) is 25.4 Å². The summed E-state index contributed by atoms with van der Waals surface area (Å²) in [6.45, 7) is 6.38. The molecule has 25 heavy (non-hydrogen) atoms. The molecule has 0 amide bonds. The zero-order valence-corrected chi connectivity index (χ0v) is 14.8. The largest absolute Gasteiger partial charge is 0.327 e. The average Bonchev–Trinajstić information content (AvgIpc) is 2.64. The molecule has 0 saturated carbocycles. The Hall–Kier alpha value is -1.75. The summed E-state index contributed by atoms with van der Waals surface area (Å²) in [7, 11) is 0. The Morgan fingerprint density at radius 2 is 1.52 bits per heavy atom. The number of hydrogen-bond acceptors (Lipinski definition) is 3. The second kappa shape index (κ2) is 9.09. The summed E-state index contributed by atoms with van der Waals surface area (Å²) in [4.78, 5) is 4.98. The fourth-order valence-corrected chi connectivity index (χ4v) is 3.41. The van der Waals surface area contributed by atoms with Crippen molar-refractivity contribution >= 4 is 0 Å². The number of nitrogens with two attached hydrogens (primary N) is 1. The highest BCUT2D eigenvalue weighted by molar-refractivity contribution is 5.18. The molecule has 3 rings (SSSR count). The van der Waals surface area contributed by atoms with E-state index < -0.39 is 0 Å². The first-order valence-electron chi connectivity index (χ1n) is 9.18. The smallest absolute Gasteiger partial charge is 0.126 e. The summed E-state index contributed by atoms with van der Waals surface area (Å²) in [5.41, 5.74) is 8.32. The summed E-state index contributed by atoms with van der Waals surface area (Å²) in [5.74, 6) is -0.146. The van der Waals surface area contributed by atoms with Gasteiger partial charge in [-0.05, 0) is 36.6 Å². The van der Waals surface area contributed by atoms with Gasteiger partial charge in [-0.25, -0.2) is 4.39 Å². The molecule has 2 aromatic carbocycles. The van der Waals surface area contributed by atoms with Gasteiger partial charge in [-0.15, -0.1) is 0 Å². The van der Waals surface area contributed by atoms with E-state index in [1.807, 2.05) is 12.1 Å². The minimum atomic E-state index is -0.146. The van der Waals surface area contributed by atoms with Gasteiger partial charge in [0, 0.05) is 38.8 Å². The molecule has 1 saturated heterocycles. The first-order chi connectivity index (χ1) is 12.2. The van der Waals surface area contributed by atoms with Gasteiger partial charge in [-0.3, -0.25) is 4.90 Å². The summed E-state index contributed by atoms with van der Waals surface area (Å²) in [6.07, 6.45) is 1.52. The van der Waals surface area contributed by atoms with Crippen molar-refractivity contribution < 1.29 is 4.39 Å². The van der Waals surface area contributed by atoms with Crippen LogP contribution >= 0.6 is 0 Å². The molecule has 1 heterocycles. The first kappa shape index (κ1) is 18.1. The van der Waals surface area contributed by atoms with Crippen LogP contribution in [-0.4, -0.2) is 48.6 Å². The lowest BCUT2D eigenvalue weighted by Gasteiger charge is -2.35. The number of rotatable bonds is 7. The van der Waals surface area contributed by atoms with E-state index in [-0.39, 0.29) is 11.9 Å². The topological polar surface area (TPSA) is 32.5 Å². The highest BCUT2D eigenvalue weighted by Crippen LogP contribution is 2.12. The Kier molecular flexibility index (Phi) is 6.56. The van der Waals surface area contributed by atoms with Gasteiger partial charge in [-0.1, -0.05) is 48.5 Å². The highest BCUT2D eigenvalue weighted by atomic mass is 19.1. The SMILES string of the molecule is NC(CCN1CCN(Cc2ccccc2)CC1)Cc1ccccc1F. The van der Waals surface area contributed by atoms with Crippen LogP contribution in [0.4, 0.5) is 4.39 Å². The molecule has 0 radical (unpaired) electrons. The molecule has 0 aliphatic carbocycles. The van der Waals surface area contributed by atoms with Crippen LogP contribution in [0.2, 0.25) is 0 Å². The second-order valence-electron chi connectivity index (χ2n) is 6.95. The zero-order chi connectivity index (χ0) is 17.5. The average molecular weight is 341 g/mol. The van der Waals surface area contributed by atoms with Crippen LogP contribution in [-0.2, 0) is 13.0 Å². The number of hydrogen-bond donors (Lipinski definition) is 1. The fourth-order valence-electron chi connectivity index (χ4n) is 3.41. The van der Waals surface area contributed by atoms with Crippen LogP contribution in [0.25, 0.3) is 0 Å². The standard InChI is InChI=1S/C21H28FN3/c22-21-9-5-4-8-19(21)16-20(23)10-11-24-12-14-25(15-13-24)17-18-6-2-1-3-7-18/h1-9,20H,10-17,23H2. The van der Waals surface area contributed by atoms with Gasteiger partial charge in [-0.2, -0.15) is 0 Å². The van der Waals surface area contributed by atoms with Crippen LogP contribution < -0.4 is 5.73 Å². The molecule has 4 heteroatoms. The maximum atomic E-state index is 13.7. The molecule has 2 aromatic rings. The Morgan fingerprint density at radius 3 is 2.24 bits per heavy atom. The van der Waals surface area contributed by atoms with Crippen LogP contribution in [0.5, 0.6) is 0 Å². The van der Waals surface area contributed by atoms with Gasteiger partial charge in [0.2, 0.25) is 0 Å². The number of halogens is 1. The van der Waals surface area contributed by atoms with Crippen molar-refractivity contribution in [3.63, 3.8) is 0 Å². The van der Waals surface area contributed by atoms with Crippen LogP contribution in [0.15, 0.2) is 54.6 Å². The van der Waals surface area contributed by atoms with Crippen LogP contribution in [0, 0.1) is 5.82 Å². The molecule has 134 valence electrons. The molecule has 2 N–H and O–H groups in total. The van der Waals surface area contributed by atoms with Gasteiger partial charge in [0.1, 0.15) is 5.82 Å². The van der Waals surface area contributed by atoms with E-state index in [0.717, 1.165) is 51.3 Å². The van der Waals surface area contributed by atoms with Gasteiger partial charge < -0.3 is 10.6 Å². The highest BCUT2D eigenvalue weighted by Gasteiger charge is 2.17. The molecule has 1 unspecified atom stereocenters. The number of nitrogens with zero attached hydrogens (tertiary/aromatic N) is 2. The normalized spacial score (nSPS) is 17.5. The molecule has 1 fully saturated rings. The van der Waals surface area contributed by atoms with E-state index in [9.17, 15) is 4.39 Å². The molecule has 3 nitrogen and oxygen atoms in total. The van der Waals surface area contributed by atoms with Gasteiger partial charge in [0.15, 0.2) is 0 Å². The fraction of sp³-hybridized carbons (Fsp3) is 0.429. The van der Waals surface area contributed by atoms with Gasteiger partial charge >= 0.3 is 0 Å². The molecule has 1 aliphatic rings. The van der Waals surface area contributed by atoms with E-state index in [2.05, 4.69) is 40.1 Å². The van der Waals surface area contributed by atoms with Crippen molar-refractivity contribution in [3.05, 3.63) is 71.5 Å². The molecule has 1 atom stereocenters. The summed E-state index contributed by atoms with van der Waals surface area (Å²) in [5, 5.41) is 0. The minimum Gasteiger partial charge on any atom is -0.327 e. The zero-order valence-electron chi connectivity index (χ0n) is 14.8. The maximum Gasteiger partial charge on any atom is 0.126 e. The Bertz CT molecular complexity index is 639. The molecule has 0 bridgehead atoms. The predicted molar refractivity (Wildman–Crippen MR) is 101 cm³/mol. The van der Waals surface area contributed by atoms with Crippen LogP contribution in [0.1, 0.15) is 17.5 Å². The summed E-state index contributed by atoms with van der Waals surface area (Å²) < 4.78 is 13.7. The first-order valence-corrected chi connectivity index (χ1v) is 9.18. The molecule has 1 aliphatic heterocycles. The third-order valence-corrected chi connectivity index (χ3v) is 4.97. The molecular formula is C21H28FN3. The van der Waals surface area contributed by atoms with E-state index in [1.54, 1.807) is 6.07 Å². The van der Waals surface area contributed by atoms with Crippen molar-refractivity contribution in [2.75, 3.05) is 32.7 Å². The lowest BCUT2D eigenvalue weighted by atomic mass is 10.0.